The number of fused-ring (bicyclic) bond motifs is 1. The first-order chi connectivity index (χ1) is 15.7. The van der Waals surface area contributed by atoms with E-state index in [9.17, 15) is 9.18 Å². The molecule has 0 spiro atoms. The number of amides is 1. The van der Waals surface area contributed by atoms with Crippen molar-refractivity contribution < 1.29 is 9.18 Å². The standard InChI is InChI=1S/C28H33FN2O/c29-26-17-9-7-11-21(26)19-30-20-25(24-16-8-10-18-27(24)30)28(32)31(22-12-3-1-4-13-22)23-14-5-2-6-15-23/h7-11,16-18,20,22-23H,1-6,12-15,19H2. The number of carbonyl (C=O) groups is 1. The van der Waals surface area contributed by atoms with Crippen LogP contribution in [0.1, 0.15) is 80.1 Å². The second-order valence-corrected chi connectivity index (χ2v) is 9.58. The second kappa shape index (κ2) is 9.48. The summed E-state index contributed by atoms with van der Waals surface area (Å²) in [5, 5.41) is 0.977. The van der Waals surface area contributed by atoms with Gasteiger partial charge in [-0.1, -0.05) is 74.9 Å². The zero-order valence-electron chi connectivity index (χ0n) is 18.8. The molecular weight excluding hydrogens is 399 g/mol. The minimum Gasteiger partial charge on any atom is -0.342 e. The van der Waals surface area contributed by atoms with Gasteiger partial charge in [0.15, 0.2) is 0 Å². The average molecular weight is 433 g/mol. The molecule has 32 heavy (non-hydrogen) atoms. The van der Waals surface area contributed by atoms with E-state index in [-0.39, 0.29) is 11.7 Å². The molecule has 3 aromatic rings. The van der Waals surface area contributed by atoms with E-state index in [1.54, 1.807) is 6.07 Å². The van der Waals surface area contributed by atoms with Gasteiger partial charge in [-0.25, -0.2) is 4.39 Å². The van der Waals surface area contributed by atoms with E-state index in [0.717, 1.165) is 42.1 Å². The average Bonchev–Trinajstić information content (AvgIpc) is 3.21. The van der Waals surface area contributed by atoms with E-state index < -0.39 is 0 Å². The van der Waals surface area contributed by atoms with Gasteiger partial charge < -0.3 is 9.47 Å². The highest BCUT2D eigenvalue weighted by Crippen LogP contribution is 2.33. The third-order valence-electron chi connectivity index (χ3n) is 7.49. The first-order valence-corrected chi connectivity index (χ1v) is 12.4. The molecule has 4 heteroatoms. The SMILES string of the molecule is O=C(c1cn(Cc2ccccc2F)c2ccccc12)N(C1CCCCC1)C1CCCCC1. The Bertz CT molecular complexity index is 1060. The Labute approximate surface area is 190 Å². The van der Waals surface area contributed by atoms with E-state index >= 15 is 0 Å². The molecule has 2 fully saturated rings. The lowest BCUT2D eigenvalue weighted by Crippen LogP contribution is -2.48. The van der Waals surface area contributed by atoms with E-state index in [1.165, 1.54) is 44.6 Å². The van der Waals surface area contributed by atoms with Crippen LogP contribution < -0.4 is 0 Å². The Morgan fingerprint density at radius 3 is 2.09 bits per heavy atom. The van der Waals surface area contributed by atoms with E-state index in [1.807, 2.05) is 47.2 Å². The van der Waals surface area contributed by atoms with Crippen molar-refractivity contribution in [2.75, 3.05) is 0 Å². The highest BCUT2D eigenvalue weighted by molar-refractivity contribution is 6.07. The maximum atomic E-state index is 14.4. The number of halogens is 1. The lowest BCUT2D eigenvalue weighted by molar-refractivity contribution is 0.0450. The highest BCUT2D eigenvalue weighted by atomic mass is 19.1. The predicted octanol–water partition coefficient (Wildman–Crippen LogP) is 6.94. The van der Waals surface area contributed by atoms with Gasteiger partial charge >= 0.3 is 0 Å². The maximum Gasteiger partial charge on any atom is 0.256 e. The summed E-state index contributed by atoms with van der Waals surface area (Å²) in [6.07, 6.45) is 13.9. The van der Waals surface area contributed by atoms with E-state index in [4.69, 9.17) is 0 Å². The van der Waals surface area contributed by atoms with Crippen LogP contribution in [0.25, 0.3) is 10.9 Å². The molecule has 0 unspecified atom stereocenters. The molecule has 0 N–H and O–H groups in total. The fraction of sp³-hybridized carbons (Fsp3) is 0.464. The first-order valence-electron chi connectivity index (χ1n) is 12.4. The number of benzene rings is 2. The Morgan fingerprint density at radius 2 is 1.44 bits per heavy atom. The molecule has 1 aromatic heterocycles. The maximum absolute atomic E-state index is 14.4. The molecule has 2 aliphatic carbocycles. The van der Waals surface area contributed by atoms with Crippen LogP contribution in [-0.2, 0) is 6.54 Å². The van der Waals surface area contributed by atoms with Crippen LogP contribution in [0.5, 0.6) is 0 Å². The van der Waals surface area contributed by atoms with Crippen LogP contribution in [0.2, 0.25) is 0 Å². The minimum atomic E-state index is -0.204. The van der Waals surface area contributed by atoms with Gasteiger partial charge in [-0.3, -0.25) is 4.79 Å². The lowest BCUT2D eigenvalue weighted by Gasteiger charge is -2.41. The van der Waals surface area contributed by atoms with Crippen LogP contribution in [0.15, 0.2) is 54.7 Å². The predicted molar refractivity (Wildman–Crippen MR) is 127 cm³/mol. The summed E-state index contributed by atoms with van der Waals surface area (Å²) in [7, 11) is 0. The molecule has 168 valence electrons. The Hall–Kier alpha value is -2.62. The molecule has 0 radical (unpaired) electrons. The molecule has 0 saturated heterocycles. The summed E-state index contributed by atoms with van der Waals surface area (Å²) in [4.78, 5) is 16.4. The van der Waals surface area contributed by atoms with Crippen molar-refractivity contribution in [2.45, 2.75) is 82.8 Å². The Balaban J connectivity index is 1.53. The first kappa shape index (κ1) is 21.2. The van der Waals surface area contributed by atoms with Gasteiger partial charge in [0, 0.05) is 34.7 Å². The lowest BCUT2D eigenvalue weighted by atomic mass is 9.88. The quantitative estimate of drug-likeness (QED) is 0.429. The second-order valence-electron chi connectivity index (χ2n) is 9.58. The number of hydrogen-bond acceptors (Lipinski definition) is 1. The molecule has 5 rings (SSSR count). The zero-order valence-corrected chi connectivity index (χ0v) is 18.8. The molecule has 1 heterocycles. The third kappa shape index (κ3) is 4.20. The van der Waals surface area contributed by atoms with Crippen LogP contribution in [0.3, 0.4) is 0 Å². The monoisotopic (exact) mass is 432 g/mol. The van der Waals surface area contributed by atoms with Gasteiger partial charge in [-0.05, 0) is 37.8 Å². The fourth-order valence-corrected chi connectivity index (χ4v) is 5.85. The molecule has 0 aliphatic heterocycles. The van der Waals surface area contributed by atoms with E-state index in [2.05, 4.69) is 4.90 Å². The Kier molecular flexibility index (Phi) is 6.29. The number of nitrogens with zero attached hydrogens (tertiary/aromatic N) is 2. The van der Waals surface area contributed by atoms with Crippen molar-refractivity contribution in [1.82, 2.24) is 9.47 Å². The summed E-state index contributed by atoms with van der Waals surface area (Å²) >= 11 is 0. The highest BCUT2D eigenvalue weighted by Gasteiger charge is 2.34. The van der Waals surface area contributed by atoms with Gasteiger partial charge in [0.05, 0.1) is 12.1 Å². The molecule has 1 amide bonds. The summed E-state index contributed by atoms with van der Waals surface area (Å²) in [6, 6.07) is 15.7. The van der Waals surface area contributed by atoms with Crippen LogP contribution >= 0.6 is 0 Å². The van der Waals surface area contributed by atoms with Crippen molar-refractivity contribution in [3.8, 4) is 0 Å². The molecule has 0 bridgehead atoms. The molecule has 2 aliphatic rings. The van der Waals surface area contributed by atoms with E-state index in [0.29, 0.717) is 24.2 Å². The van der Waals surface area contributed by atoms with Gasteiger partial charge in [0.25, 0.3) is 5.91 Å². The largest absolute Gasteiger partial charge is 0.342 e. The van der Waals surface area contributed by atoms with Gasteiger partial charge in [0.1, 0.15) is 5.82 Å². The van der Waals surface area contributed by atoms with Crippen molar-refractivity contribution in [3.05, 3.63) is 71.7 Å². The van der Waals surface area contributed by atoms with Crippen molar-refractivity contribution in [2.24, 2.45) is 0 Å². The van der Waals surface area contributed by atoms with Crippen molar-refractivity contribution in [1.29, 1.82) is 0 Å². The van der Waals surface area contributed by atoms with Crippen molar-refractivity contribution in [3.63, 3.8) is 0 Å². The van der Waals surface area contributed by atoms with Crippen LogP contribution in [0.4, 0.5) is 4.39 Å². The summed E-state index contributed by atoms with van der Waals surface area (Å²) in [6.45, 7) is 0.424. The fourth-order valence-electron chi connectivity index (χ4n) is 5.85. The third-order valence-corrected chi connectivity index (χ3v) is 7.49. The molecule has 2 saturated carbocycles. The molecule has 2 aromatic carbocycles. The van der Waals surface area contributed by atoms with Crippen LogP contribution in [-0.4, -0.2) is 27.5 Å². The topological polar surface area (TPSA) is 25.2 Å². The zero-order chi connectivity index (χ0) is 21.9. The normalized spacial score (nSPS) is 18.2. The van der Waals surface area contributed by atoms with Gasteiger partial charge in [-0.2, -0.15) is 0 Å². The summed E-state index contributed by atoms with van der Waals surface area (Å²) in [5.74, 6) is -0.0310. The number of aromatic nitrogens is 1. The molecule has 0 atom stereocenters. The number of hydrogen-bond donors (Lipinski definition) is 0. The Morgan fingerprint density at radius 1 is 0.844 bits per heavy atom. The van der Waals surface area contributed by atoms with Crippen molar-refractivity contribution >= 4 is 16.8 Å². The summed E-state index contributed by atoms with van der Waals surface area (Å²) < 4.78 is 16.4. The van der Waals surface area contributed by atoms with Crippen LogP contribution in [0, 0.1) is 5.82 Å². The smallest absolute Gasteiger partial charge is 0.256 e. The molecular formula is C28H33FN2O. The number of carbonyl (C=O) groups excluding carboxylic acids is 1. The van der Waals surface area contributed by atoms with Gasteiger partial charge in [0.2, 0.25) is 0 Å². The molecule has 3 nitrogen and oxygen atoms in total. The van der Waals surface area contributed by atoms with Gasteiger partial charge in [-0.15, -0.1) is 0 Å². The number of rotatable bonds is 5. The number of para-hydroxylation sites is 1. The summed E-state index contributed by atoms with van der Waals surface area (Å²) in [5.41, 5.74) is 2.41. The minimum absolute atomic E-state index is 0.173.